The monoisotopic (exact) mass is 250 g/mol. The minimum Gasteiger partial charge on any atom is -0.336 e. The minimum atomic E-state index is 0.0954. The molecule has 1 aromatic heterocycles. The van der Waals surface area contributed by atoms with Gasteiger partial charge >= 0.3 is 0 Å². The van der Waals surface area contributed by atoms with Crippen LogP contribution < -0.4 is 5.32 Å². The molecule has 2 heterocycles. The van der Waals surface area contributed by atoms with E-state index in [-0.39, 0.29) is 5.91 Å². The molecule has 5 heteroatoms. The Morgan fingerprint density at radius 1 is 1.61 bits per heavy atom. The lowest BCUT2D eigenvalue weighted by atomic mass is 10.1. The molecule has 1 N–H and O–H groups in total. The number of carbonyl (C=O) groups excluding carboxylic acids is 1. The van der Waals surface area contributed by atoms with E-state index in [4.69, 9.17) is 0 Å². The Kier molecular flexibility index (Phi) is 4.36. The van der Waals surface area contributed by atoms with Crippen molar-refractivity contribution in [2.45, 2.75) is 32.2 Å². The fraction of sp³-hybridized carbons (Fsp3) is 0.692. The Morgan fingerprint density at radius 3 is 3.11 bits per heavy atom. The van der Waals surface area contributed by atoms with E-state index in [0.717, 1.165) is 38.9 Å². The molecule has 0 aliphatic carbocycles. The summed E-state index contributed by atoms with van der Waals surface area (Å²) in [6, 6.07) is 2.22. The van der Waals surface area contributed by atoms with Crippen molar-refractivity contribution in [3.8, 4) is 0 Å². The van der Waals surface area contributed by atoms with Gasteiger partial charge in [-0.3, -0.25) is 9.48 Å². The largest absolute Gasteiger partial charge is 0.336 e. The molecular weight excluding hydrogens is 228 g/mol. The fourth-order valence-corrected chi connectivity index (χ4v) is 2.42. The summed E-state index contributed by atoms with van der Waals surface area (Å²) in [5.74, 6) is 0.0954. The van der Waals surface area contributed by atoms with Gasteiger partial charge in [0.15, 0.2) is 0 Å². The van der Waals surface area contributed by atoms with Gasteiger partial charge in [-0.2, -0.15) is 5.10 Å². The zero-order chi connectivity index (χ0) is 13.0. The summed E-state index contributed by atoms with van der Waals surface area (Å²) in [7, 11) is 1.81. The maximum Gasteiger partial charge on any atom is 0.272 e. The average molecular weight is 250 g/mol. The van der Waals surface area contributed by atoms with Gasteiger partial charge in [0.2, 0.25) is 0 Å². The molecule has 1 aliphatic heterocycles. The highest BCUT2D eigenvalue weighted by Gasteiger charge is 2.25. The first-order chi connectivity index (χ1) is 8.72. The van der Waals surface area contributed by atoms with Gasteiger partial charge in [-0.1, -0.05) is 6.92 Å². The molecule has 0 spiro atoms. The van der Waals surface area contributed by atoms with Gasteiger partial charge in [0.05, 0.1) is 0 Å². The molecule has 5 nitrogen and oxygen atoms in total. The number of aromatic nitrogens is 2. The van der Waals surface area contributed by atoms with Gasteiger partial charge in [-0.05, 0) is 31.9 Å². The maximum absolute atomic E-state index is 12.3. The number of piperidine rings is 1. The van der Waals surface area contributed by atoms with Crippen LogP contribution in [0.15, 0.2) is 12.3 Å². The van der Waals surface area contributed by atoms with Crippen LogP contribution in [-0.4, -0.2) is 46.3 Å². The molecule has 0 bridgehead atoms. The first-order valence-electron chi connectivity index (χ1n) is 6.73. The van der Waals surface area contributed by atoms with Crippen molar-refractivity contribution < 1.29 is 4.79 Å². The standard InChI is InChI=1S/C13H22N4O/c1-3-7-14-11-5-4-9-17(10-11)13(18)12-6-8-15-16(12)2/h6,8,11,14H,3-5,7,9-10H2,1-2H3. The van der Waals surface area contributed by atoms with Crippen molar-refractivity contribution in [1.29, 1.82) is 0 Å². The molecule has 1 aromatic rings. The normalized spacial score (nSPS) is 20.1. The molecule has 18 heavy (non-hydrogen) atoms. The maximum atomic E-state index is 12.3. The third-order valence-corrected chi connectivity index (χ3v) is 3.43. The summed E-state index contributed by atoms with van der Waals surface area (Å²) in [6.07, 6.45) is 5.04. The van der Waals surface area contributed by atoms with Gasteiger partial charge in [0, 0.05) is 32.4 Å². The SMILES string of the molecule is CCCNC1CCCN(C(=O)c2ccnn2C)C1. The van der Waals surface area contributed by atoms with Crippen LogP contribution in [0.25, 0.3) is 0 Å². The van der Waals surface area contributed by atoms with Crippen molar-refractivity contribution in [3.63, 3.8) is 0 Å². The molecule has 1 amide bonds. The quantitative estimate of drug-likeness (QED) is 0.868. The second kappa shape index (κ2) is 6.00. The summed E-state index contributed by atoms with van der Waals surface area (Å²) < 4.78 is 1.64. The predicted octanol–water partition coefficient (Wildman–Crippen LogP) is 1.02. The summed E-state index contributed by atoms with van der Waals surface area (Å²) in [5.41, 5.74) is 0.672. The molecule has 0 aromatic carbocycles. The minimum absolute atomic E-state index is 0.0954. The van der Waals surface area contributed by atoms with Crippen molar-refractivity contribution in [2.75, 3.05) is 19.6 Å². The fourth-order valence-electron chi connectivity index (χ4n) is 2.42. The van der Waals surface area contributed by atoms with Crippen LogP contribution in [0.1, 0.15) is 36.7 Å². The van der Waals surface area contributed by atoms with Crippen LogP contribution in [-0.2, 0) is 7.05 Å². The molecule has 0 radical (unpaired) electrons. The van der Waals surface area contributed by atoms with Crippen LogP contribution in [0.4, 0.5) is 0 Å². The van der Waals surface area contributed by atoms with E-state index in [9.17, 15) is 4.79 Å². The lowest BCUT2D eigenvalue weighted by Gasteiger charge is -2.33. The lowest BCUT2D eigenvalue weighted by molar-refractivity contribution is 0.0684. The molecule has 1 unspecified atom stereocenters. The van der Waals surface area contributed by atoms with E-state index < -0.39 is 0 Å². The smallest absolute Gasteiger partial charge is 0.272 e. The van der Waals surface area contributed by atoms with Gasteiger partial charge < -0.3 is 10.2 Å². The Bertz CT molecular complexity index is 401. The Morgan fingerprint density at radius 2 is 2.44 bits per heavy atom. The van der Waals surface area contributed by atoms with E-state index >= 15 is 0 Å². The molecule has 1 saturated heterocycles. The highest BCUT2D eigenvalue weighted by molar-refractivity contribution is 5.92. The predicted molar refractivity (Wildman–Crippen MR) is 70.4 cm³/mol. The number of aryl methyl sites for hydroxylation is 1. The summed E-state index contributed by atoms with van der Waals surface area (Å²) in [5, 5.41) is 7.55. The lowest BCUT2D eigenvalue weighted by Crippen LogP contribution is -2.48. The van der Waals surface area contributed by atoms with E-state index in [1.54, 1.807) is 16.9 Å². The number of nitrogens with zero attached hydrogens (tertiary/aromatic N) is 3. The summed E-state index contributed by atoms with van der Waals surface area (Å²) in [4.78, 5) is 14.3. The van der Waals surface area contributed by atoms with Crippen molar-refractivity contribution >= 4 is 5.91 Å². The van der Waals surface area contributed by atoms with Crippen LogP contribution in [0.3, 0.4) is 0 Å². The van der Waals surface area contributed by atoms with Crippen molar-refractivity contribution in [1.82, 2.24) is 20.0 Å². The molecule has 100 valence electrons. The molecule has 1 atom stereocenters. The van der Waals surface area contributed by atoms with Gasteiger partial charge in [0.25, 0.3) is 5.91 Å². The second-order valence-electron chi connectivity index (χ2n) is 4.88. The van der Waals surface area contributed by atoms with E-state index in [1.807, 2.05) is 11.9 Å². The van der Waals surface area contributed by atoms with E-state index in [2.05, 4.69) is 17.3 Å². The van der Waals surface area contributed by atoms with Gasteiger partial charge in [-0.25, -0.2) is 0 Å². The number of likely N-dealkylation sites (tertiary alicyclic amines) is 1. The second-order valence-corrected chi connectivity index (χ2v) is 4.88. The summed E-state index contributed by atoms with van der Waals surface area (Å²) >= 11 is 0. The molecule has 0 saturated carbocycles. The third kappa shape index (κ3) is 2.90. The van der Waals surface area contributed by atoms with Gasteiger partial charge in [-0.15, -0.1) is 0 Å². The Hall–Kier alpha value is -1.36. The zero-order valence-electron chi connectivity index (χ0n) is 11.2. The number of hydrogen-bond acceptors (Lipinski definition) is 3. The zero-order valence-corrected chi connectivity index (χ0v) is 11.2. The summed E-state index contributed by atoms with van der Waals surface area (Å²) in [6.45, 7) is 4.85. The number of hydrogen-bond donors (Lipinski definition) is 1. The number of amides is 1. The van der Waals surface area contributed by atoms with Crippen molar-refractivity contribution in [3.05, 3.63) is 18.0 Å². The molecule has 1 aliphatic rings. The van der Waals surface area contributed by atoms with E-state index in [1.165, 1.54) is 0 Å². The molecule has 1 fully saturated rings. The third-order valence-electron chi connectivity index (χ3n) is 3.43. The number of nitrogens with one attached hydrogen (secondary N) is 1. The number of carbonyl (C=O) groups is 1. The highest BCUT2D eigenvalue weighted by Crippen LogP contribution is 2.13. The Balaban J connectivity index is 1.96. The molecule has 2 rings (SSSR count). The first-order valence-corrected chi connectivity index (χ1v) is 6.73. The average Bonchev–Trinajstić information content (AvgIpc) is 2.82. The highest BCUT2D eigenvalue weighted by atomic mass is 16.2. The molecular formula is C13H22N4O. The van der Waals surface area contributed by atoms with Gasteiger partial charge in [0.1, 0.15) is 5.69 Å². The van der Waals surface area contributed by atoms with Crippen LogP contribution in [0.2, 0.25) is 0 Å². The number of rotatable bonds is 4. The van der Waals surface area contributed by atoms with Crippen LogP contribution in [0, 0.1) is 0 Å². The van der Waals surface area contributed by atoms with Crippen LogP contribution >= 0.6 is 0 Å². The van der Waals surface area contributed by atoms with Crippen molar-refractivity contribution in [2.24, 2.45) is 7.05 Å². The van der Waals surface area contributed by atoms with Crippen LogP contribution in [0.5, 0.6) is 0 Å². The first kappa shape index (κ1) is 13.1. The van der Waals surface area contributed by atoms with E-state index in [0.29, 0.717) is 11.7 Å². The topological polar surface area (TPSA) is 50.2 Å². The Labute approximate surface area is 108 Å².